The van der Waals surface area contributed by atoms with E-state index in [1.54, 1.807) is 13.8 Å². The van der Waals surface area contributed by atoms with E-state index in [4.69, 9.17) is 0 Å². The maximum absolute atomic E-state index is 12.8. The van der Waals surface area contributed by atoms with Crippen LogP contribution >= 0.6 is 0 Å². The lowest BCUT2D eigenvalue weighted by atomic mass is 9.62. The molecule has 5 heteroatoms. The van der Waals surface area contributed by atoms with Gasteiger partial charge in [-0.3, -0.25) is 0 Å². The lowest BCUT2D eigenvalue weighted by Gasteiger charge is -2.43. The monoisotopic (exact) mass is 226 g/mol. The van der Waals surface area contributed by atoms with E-state index in [9.17, 15) is 13.2 Å². The molecule has 90 valence electrons. The molecule has 1 heterocycles. The van der Waals surface area contributed by atoms with Crippen molar-refractivity contribution in [3.63, 3.8) is 0 Å². The van der Waals surface area contributed by atoms with Gasteiger partial charge in [0.1, 0.15) is 0 Å². The summed E-state index contributed by atoms with van der Waals surface area (Å²) in [5, 5.41) is 0. The first-order valence-corrected chi connectivity index (χ1v) is 4.95. The molecule has 15 heavy (non-hydrogen) atoms. The van der Waals surface area contributed by atoms with Crippen LogP contribution in [0.3, 0.4) is 0 Å². The van der Waals surface area contributed by atoms with Crippen molar-refractivity contribution in [2.75, 3.05) is 0 Å². The van der Waals surface area contributed by atoms with Gasteiger partial charge >= 0.3 is 12.0 Å². The van der Waals surface area contributed by atoms with Crippen LogP contribution in [-0.4, -0.2) is 12.0 Å². The summed E-state index contributed by atoms with van der Waals surface area (Å²) in [6, 6.07) is 0. The van der Waals surface area contributed by atoms with Crippen molar-refractivity contribution in [2.24, 2.45) is 10.8 Å². The Kier molecular flexibility index (Phi) is 2.64. The molecule has 0 aliphatic carbocycles. The van der Waals surface area contributed by atoms with Crippen LogP contribution in [0.15, 0.2) is 0 Å². The second-order valence-electron chi connectivity index (χ2n) is 5.14. The molecule has 0 aromatic heterocycles. The fourth-order valence-electron chi connectivity index (χ4n) is 1.59. The van der Waals surface area contributed by atoms with Crippen LogP contribution in [0, 0.1) is 10.8 Å². The molecule has 1 aliphatic rings. The number of alkyl halides is 3. The van der Waals surface area contributed by atoms with E-state index >= 15 is 0 Å². The van der Waals surface area contributed by atoms with Crippen LogP contribution in [0.1, 0.15) is 41.0 Å². The molecule has 0 radical (unpaired) electrons. The van der Waals surface area contributed by atoms with Gasteiger partial charge in [-0.15, -0.1) is 0 Å². The van der Waals surface area contributed by atoms with Gasteiger partial charge in [0, 0.05) is 5.41 Å². The minimum atomic E-state index is -4.50. The van der Waals surface area contributed by atoms with Gasteiger partial charge in [-0.1, -0.05) is 41.0 Å². The highest BCUT2D eigenvalue weighted by atomic mass is 19.4. The van der Waals surface area contributed by atoms with Crippen molar-refractivity contribution >= 4 is 0 Å². The molecule has 1 aliphatic heterocycles. The normalized spacial score (nSPS) is 21.6. The Bertz CT molecular complexity index is 252. The molecule has 0 bridgehead atoms. The molecule has 0 atom stereocenters. The highest BCUT2D eigenvalue weighted by Gasteiger charge is 2.79. The quantitative estimate of drug-likeness (QED) is 0.542. The first-order chi connectivity index (χ1) is 6.52. The predicted octanol–water partition coefficient (Wildman–Crippen LogP) is 3.67. The Morgan fingerprint density at radius 3 is 1.60 bits per heavy atom. The van der Waals surface area contributed by atoms with Gasteiger partial charge < -0.3 is 0 Å². The third-order valence-corrected chi connectivity index (χ3v) is 4.02. The molecule has 2 nitrogen and oxygen atoms in total. The number of hydrogen-bond acceptors (Lipinski definition) is 2. The Morgan fingerprint density at radius 2 is 1.40 bits per heavy atom. The molecule has 1 saturated heterocycles. The van der Waals surface area contributed by atoms with E-state index in [-0.39, 0.29) is 0 Å². The SMILES string of the molecule is CCC(C)(C)C(C)(C)C1(C(F)(F)F)OO1. The van der Waals surface area contributed by atoms with Gasteiger partial charge in [0.2, 0.25) is 0 Å². The molecule has 0 spiro atoms. The highest BCUT2D eigenvalue weighted by Crippen LogP contribution is 2.63. The van der Waals surface area contributed by atoms with Crippen LogP contribution < -0.4 is 0 Å². The van der Waals surface area contributed by atoms with Gasteiger partial charge in [-0.25, -0.2) is 0 Å². The van der Waals surface area contributed by atoms with Gasteiger partial charge in [0.15, 0.2) is 0 Å². The lowest BCUT2D eigenvalue weighted by molar-refractivity contribution is -0.239. The predicted molar refractivity (Wildman–Crippen MR) is 48.8 cm³/mol. The molecular formula is C10H17F3O2. The van der Waals surface area contributed by atoms with E-state index in [2.05, 4.69) is 9.78 Å². The Labute approximate surface area is 87.7 Å². The summed E-state index contributed by atoms with van der Waals surface area (Å²) in [5.74, 6) is -2.43. The van der Waals surface area contributed by atoms with Crippen molar-refractivity contribution in [1.29, 1.82) is 0 Å². The highest BCUT2D eigenvalue weighted by molar-refractivity contribution is 5.03. The summed E-state index contributed by atoms with van der Waals surface area (Å²) in [4.78, 5) is 8.58. The number of halogens is 3. The third kappa shape index (κ3) is 1.56. The topological polar surface area (TPSA) is 25.1 Å². The van der Waals surface area contributed by atoms with E-state index < -0.39 is 22.8 Å². The summed E-state index contributed by atoms with van der Waals surface area (Å²) in [6.45, 7) is 8.47. The average Bonchev–Trinajstić information content (AvgIpc) is 2.81. The molecule has 0 unspecified atom stereocenters. The first kappa shape index (κ1) is 12.8. The van der Waals surface area contributed by atoms with Crippen molar-refractivity contribution < 1.29 is 22.9 Å². The van der Waals surface area contributed by atoms with Crippen LogP contribution in [0.2, 0.25) is 0 Å². The van der Waals surface area contributed by atoms with Crippen molar-refractivity contribution in [1.82, 2.24) is 0 Å². The molecule has 1 fully saturated rings. The maximum atomic E-state index is 12.8. The Morgan fingerprint density at radius 1 is 1.00 bits per heavy atom. The molecule has 1 rings (SSSR count). The minimum absolute atomic E-state index is 0.529. The molecule has 0 aromatic carbocycles. The van der Waals surface area contributed by atoms with Crippen molar-refractivity contribution in [3.8, 4) is 0 Å². The second kappa shape index (κ2) is 3.10. The van der Waals surface area contributed by atoms with Crippen LogP contribution in [-0.2, 0) is 9.78 Å². The zero-order chi connectivity index (χ0) is 12.1. The zero-order valence-electron chi connectivity index (χ0n) is 9.66. The molecular weight excluding hydrogens is 209 g/mol. The molecule has 0 N–H and O–H groups in total. The minimum Gasteiger partial charge on any atom is -0.184 e. The zero-order valence-corrected chi connectivity index (χ0v) is 9.66. The number of hydrogen-bond donors (Lipinski definition) is 0. The Balaban J connectivity index is 3.07. The van der Waals surface area contributed by atoms with Crippen molar-refractivity contribution in [3.05, 3.63) is 0 Å². The fourth-order valence-corrected chi connectivity index (χ4v) is 1.59. The fraction of sp³-hybridized carbons (Fsp3) is 1.00. The van der Waals surface area contributed by atoms with E-state index in [1.165, 1.54) is 13.8 Å². The van der Waals surface area contributed by atoms with E-state index in [0.29, 0.717) is 6.42 Å². The first-order valence-electron chi connectivity index (χ1n) is 4.95. The van der Waals surface area contributed by atoms with Gasteiger partial charge in [-0.05, 0) is 5.41 Å². The standard InChI is InChI=1S/C10H17F3O2/c1-6-7(2,3)8(4,5)9(14-15-9)10(11,12)13/h6H2,1-5H3. The van der Waals surface area contributed by atoms with Gasteiger partial charge in [-0.2, -0.15) is 22.9 Å². The van der Waals surface area contributed by atoms with Gasteiger partial charge in [0.25, 0.3) is 0 Å². The Hall–Kier alpha value is -0.290. The van der Waals surface area contributed by atoms with E-state index in [0.717, 1.165) is 0 Å². The maximum Gasteiger partial charge on any atom is 0.449 e. The molecule has 0 saturated carbocycles. The van der Waals surface area contributed by atoms with Crippen LogP contribution in [0.25, 0.3) is 0 Å². The number of rotatable bonds is 3. The summed E-state index contributed by atoms with van der Waals surface area (Å²) in [7, 11) is 0. The second-order valence-corrected chi connectivity index (χ2v) is 5.14. The lowest BCUT2D eigenvalue weighted by Crippen LogP contribution is -2.52. The average molecular weight is 226 g/mol. The summed E-state index contributed by atoms with van der Waals surface area (Å²) in [6.07, 6.45) is -3.88. The summed E-state index contributed by atoms with van der Waals surface area (Å²) in [5.41, 5.74) is -1.66. The van der Waals surface area contributed by atoms with Crippen LogP contribution in [0.4, 0.5) is 13.2 Å². The smallest absolute Gasteiger partial charge is 0.184 e. The van der Waals surface area contributed by atoms with Crippen molar-refractivity contribution in [2.45, 2.75) is 53.0 Å². The summed E-state index contributed by atoms with van der Waals surface area (Å²) < 4.78 is 38.4. The van der Waals surface area contributed by atoms with E-state index in [1.807, 2.05) is 6.92 Å². The third-order valence-electron chi connectivity index (χ3n) is 4.02. The van der Waals surface area contributed by atoms with Crippen LogP contribution in [0.5, 0.6) is 0 Å². The molecule has 0 aromatic rings. The summed E-state index contributed by atoms with van der Waals surface area (Å²) >= 11 is 0. The largest absolute Gasteiger partial charge is 0.449 e. The molecule has 0 amide bonds. The van der Waals surface area contributed by atoms with Gasteiger partial charge in [0.05, 0.1) is 0 Å².